The highest BCUT2D eigenvalue weighted by Gasteiger charge is 2.59. The molecule has 4 saturated carbocycles. The molecule has 8 atom stereocenters. The largest absolute Gasteiger partial charge is 0.390 e. The van der Waals surface area contributed by atoms with Gasteiger partial charge in [-0.25, -0.2) is 0 Å². The summed E-state index contributed by atoms with van der Waals surface area (Å²) in [5.74, 6) is 3.54. The Balaban J connectivity index is 1.60. The molecule has 0 heterocycles. The Labute approximate surface area is 142 Å². The summed E-state index contributed by atoms with van der Waals surface area (Å²) in [6.45, 7) is 7.94. The Kier molecular flexibility index (Phi) is 4.08. The van der Waals surface area contributed by atoms with Crippen LogP contribution in [0.3, 0.4) is 0 Å². The van der Waals surface area contributed by atoms with Gasteiger partial charge in [0.15, 0.2) is 0 Å². The first-order valence-corrected chi connectivity index (χ1v) is 10.3. The van der Waals surface area contributed by atoms with E-state index in [1.54, 1.807) is 0 Å². The van der Waals surface area contributed by atoms with E-state index in [0.29, 0.717) is 10.8 Å². The number of aliphatic hydroxyl groups excluding tert-OH is 1. The molecule has 2 heteroatoms. The molecule has 4 aliphatic carbocycles. The van der Waals surface area contributed by atoms with Gasteiger partial charge in [0.25, 0.3) is 0 Å². The van der Waals surface area contributed by atoms with E-state index in [2.05, 4.69) is 20.8 Å². The average Bonchev–Trinajstić information content (AvgIpc) is 2.91. The highest BCUT2D eigenvalue weighted by atomic mass is 16.5. The van der Waals surface area contributed by atoms with Gasteiger partial charge in [0, 0.05) is 6.61 Å². The molecule has 3 unspecified atom stereocenters. The molecule has 0 aromatic heterocycles. The molecule has 0 aromatic rings. The van der Waals surface area contributed by atoms with Crippen molar-refractivity contribution in [2.45, 2.75) is 90.8 Å². The van der Waals surface area contributed by atoms with Crippen molar-refractivity contribution in [3.8, 4) is 0 Å². The fraction of sp³-hybridized carbons (Fsp3) is 1.00. The first-order valence-electron chi connectivity index (χ1n) is 10.3. The number of hydrogen-bond acceptors (Lipinski definition) is 2. The Morgan fingerprint density at radius 2 is 1.87 bits per heavy atom. The van der Waals surface area contributed by atoms with Crippen molar-refractivity contribution in [2.75, 3.05) is 6.61 Å². The molecule has 4 aliphatic rings. The molecule has 0 aromatic carbocycles. The summed E-state index contributed by atoms with van der Waals surface area (Å²) in [4.78, 5) is 0. The molecule has 0 bridgehead atoms. The highest BCUT2D eigenvalue weighted by Crippen LogP contribution is 2.66. The number of hydrogen-bond donors (Lipinski definition) is 1. The van der Waals surface area contributed by atoms with Crippen molar-refractivity contribution in [2.24, 2.45) is 34.5 Å². The second-order valence-corrected chi connectivity index (χ2v) is 9.74. The molecule has 23 heavy (non-hydrogen) atoms. The summed E-state index contributed by atoms with van der Waals surface area (Å²) in [5.41, 5.74) is 1.06. The predicted octanol–water partition coefficient (Wildman–Crippen LogP) is 4.80. The van der Waals surface area contributed by atoms with E-state index < -0.39 is 0 Å². The van der Waals surface area contributed by atoms with Gasteiger partial charge in [-0.3, -0.25) is 0 Å². The Morgan fingerprint density at radius 3 is 2.65 bits per heavy atom. The van der Waals surface area contributed by atoms with Gasteiger partial charge >= 0.3 is 0 Å². The first-order chi connectivity index (χ1) is 11.0. The maximum absolute atomic E-state index is 10.5. The van der Waals surface area contributed by atoms with E-state index in [-0.39, 0.29) is 12.2 Å². The third-order valence-corrected chi connectivity index (χ3v) is 8.82. The fourth-order valence-electron chi connectivity index (χ4n) is 7.63. The Bertz CT molecular complexity index is 449. The first kappa shape index (κ1) is 16.4. The molecule has 2 nitrogen and oxygen atoms in total. The van der Waals surface area contributed by atoms with E-state index in [1.807, 2.05) is 0 Å². The van der Waals surface area contributed by atoms with Crippen LogP contribution in [0.5, 0.6) is 0 Å². The van der Waals surface area contributed by atoms with Gasteiger partial charge in [0.1, 0.15) is 0 Å². The number of aliphatic hydroxyl groups is 1. The normalized spacial score (nSPS) is 55.8. The van der Waals surface area contributed by atoms with E-state index in [4.69, 9.17) is 4.74 Å². The van der Waals surface area contributed by atoms with E-state index in [9.17, 15) is 5.11 Å². The Morgan fingerprint density at radius 1 is 1.04 bits per heavy atom. The quantitative estimate of drug-likeness (QED) is 0.792. The van der Waals surface area contributed by atoms with Crippen LogP contribution in [-0.2, 0) is 4.74 Å². The minimum atomic E-state index is -0.232. The molecule has 0 aliphatic heterocycles. The van der Waals surface area contributed by atoms with Crippen LogP contribution in [0.15, 0.2) is 0 Å². The third-order valence-electron chi connectivity index (χ3n) is 8.82. The van der Waals surface area contributed by atoms with Crippen LogP contribution in [0.2, 0.25) is 0 Å². The molecule has 0 saturated heterocycles. The van der Waals surface area contributed by atoms with Crippen LogP contribution < -0.4 is 0 Å². The zero-order valence-corrected chi connectivity index (χ0v) is 15.4. The van der Waals surface area contributed by atoms with Gasteiger partial charge in [0.05, 0.1) is 12.2 Å². The maximum Gasteiger partial charge on any atom is 0.0839 e. The minimum Gasteiger partial charge on any atom is -0.390 e. The number of fused-ring (bicyclic) bond motifs is 5. The lowest BCUT2D eigenvalue weighted by molar-refractivity contribution is -0.168. The van der Waals surface area contributed by atoms with Gasteiger partial charge in [-0.2, -0.15) is 0 Å². The maximum atomic E-state index is 10.5. The summed E-state index contributed by atoms with van der Waals surface area (Å²) in [7, 11) is 0. The number of ether oxygens (including phenoxy) is 1. The van der Waals surface area contributed by atoms with Gasteiger partial charge in [-0.05, 0) is 92.8 Å². The molecular weight excluding hydrogens is 284 g/mol. The summed E-state index contributed by atoms with van der Waals surface area (Å²) in [6, 6.07) is 0. The lowest BCUT2D eigenvalue weighted by Gasteiger charge is -2.61. The van der Waals surface area contributed by atoms with Crippen molar-refractivity contribution in [1.29, 1.82) is 0 Å². The van der Waals surface area contributed by atoms with Gasteiger partial charge in [0.2, 0.25) is 0 Å². The van der Waals surface area contributed by atoms with Crippen molar-refractivity contribution in [3.05, 3.63) is 0 Å². The fourth-order valence-corrected chi connectivity index (χ4v) is 7.63. The molecule has 0 radical (unpaired) electrons. The number of rotatable bonds is 2. The van der Waals surface area contributed by atoms with E-state index in [1.165, 1.54) is 44.9 Å². The van der Waals surface area contributed by atoms with E-state index in [0.717, 1.165) is 43.1 Å². The monoisotopic (exact) mass is 320 g/mol. The SMILES string of the molecule is CCO[C@H]1C[C@@]2(C)C(CC[C@H]3C4CCC[C@@]4(C)CCC32)C[C@@H]1O. The van der Waals surface area contributed by atoms with Crippen molar-refractivity contribution in [1.82, 2.24) is 0 Å². The van der Waals surface area contributed by atoms with Crippen LogP contribution >= 0.6 is 0 Å². The van der Waals surface area contributed by atoms with Gasteiger partial charge < -0.3 is 9.84 Å². The van der Waals surface area contributed by atoms with Crippen LogP contribution in [0.4, 0.5) is 0 Å². The molecule has 0 spiro atoms. The van der Waals surface area contributed by atoms with Crippen LogP contribution in [0, 0.1) is 34.5 Å². The summed E-state index contributed by atoms with van der Waals surface area (Å²) >= 11 is 0. The molecule has 4 rings (SSSR count). The lowest BCUT2D eigenvalue weighted by atomic mass is 9.45. The molecule has 1 N–H and O–H groups in total. The smallest absolute Gasteiger partial charge is 0.0839 e. The zero-order valence-electron chi connectivity index (χ0n) is 15.4. The topological polar surface area (TPSA) is 29.5 Å². The second kappa shape index (κ2) is 5.73. The second-order valence-electron chi connectivity index (χ2n) is 9.74. The molecular formula is C21H36O2. The van der Waals surface area contributed by atoms with Crippen LogP contribution in [0.25, 0.3) is 0 Å². The predicted molar refractivity (Wildman–Crippen MR) is 93.1 cm³/mol. The summed E-state index contributed by atoms with van der Waals surface area (Å²) in [6.07, 6.45) is 12.0. The minimum absolute atomic E-state index is 0.0805. The van der Waals surface area contributed by atoms with Gasteiger partial charge in [-0.1, -0.05) is 20.3 Å². The van der Waals surface area contributed by atoms with Crippen LogP contribution in [-0.4, -0.2) is 23.9 Å². The zero-order chi connectivity index (χ0) is 16.2. The standard InChI is InChI=1S/C21H36O2/c1-4-23-19-13-21(3)14(12-18(19)22)7-8-15-16-6-5-10-20(16,2)11-9-17(15)21/h14-19,22H,4-13H2,1-3H3/t14?,15-,16?,17?,18-,19-,20-,21-/m0/s1. The van der Waals surface area contributed by atoms with Crippen molar-refractivity contribution < 1.29 is 9.84 Å². The molecule has 4 fully saturated rings. The summed E-state index contributed by atoms with van der Waals surface area (Å²) < 4.78 is 5.95. The van der Waals surface area contributed by atoms with Crippen molar-refractivity contribution in [3.63, 3.8) is 0 Å². The van der Waals surface area contributed by atoms with Gasteiger partial charge in [-0.15, -0.1) is 0 Å². The Hall–Kier alpha value is -0.0800. The highest BCUT2D eigenvalue weighted by molar-refractivity contribution is 5.08. The van der Waals surface area contributed by atoms with Crippen LogP contribution in [0.1, 0.15) is 78.6 Å². The molecule has 132 valence electrons. The summed E-state index contributed by atoms with van der Waals surface area (Å²) in [5, 5.41) is 10.5. The van der Waals surface area contributed by atoms with Crippen molar-refractivity contribution >= 4 is 0 Å². The lowest BCUT2D eigenvalue weighted by Crippen LogP contribution is -2.56. The third kappa shape index (κ3) is 2.42. The molecule has 0 amide bonds. The van der Waals surface area contributed by atoms with E-state index >= 15 is 0 Å². The average molecular weight is 321 g/mol.